The van der Waals surface area contributed by atoms with Crippen molar-refractivity contribution in [3.05, 3.63) is 51.9 Å². The normalized spacial score (nSPS) is 18.2. The first kappa shape index (κ1) is 21.0. The molecule has 11 heteroatoms. The van der Waals surface area contributed by atoms with E-state index in [0.717, 1.165) is 15.1 Å². The van der Waals surface area contributed by atoms with Crippen LogP contribution in [0.2, 0.25) is 0 Å². The van der Waals surface area contributed by atoms with Crippen LogP contribution in [0.3, 0.4) is 0 Å². The van der Waals surface area contributed by atoms with Crippen molar-refractivity contribution in [2.75, 3.05) is 10.6 Å². The lowest BCUT2D eigenvalue weighted by Gasteiger charge is -2.32. The maximum Gasteiger partial charge on any atom is 0.410 e. The number of fused-ring (bicyclic) bond motifs is 1. The molecule has 0 spiro atoms. The highest BCUT2D eigenvalue weighted by atomic mass is 32.1. The fraction of sp³-hybridized carbons (Fsp3) is 0.350. The van der Waals surface area contributed by atoms with Gasteiger partial charge in [0.05, 0.1) is 17.9 Å². The summed E-state index contributed by atoms with van der Waals surface area (Å²) in [5.74, 6) is -0.246. The highest BCUT2D eigenvalue weighted by Crippen LogP contribution is 2.43. The van der Waals surface area contributed by atoms with Gasteiger partial charge < -0.3 is 15.1 Å². The smallest absolute Gasteiger partial charge is 0.410 e. The minimum Gasteiger partial charge on any atom is -0.467 e. The van der Waals surface area contributed by atoms with Gasteiger partial charge in [0.1, 0.15) is 22.6 Å². The Morgan fingerprint density at radius 1 is 1.52 bits per heavy atom. The van der Waals surface area contributed by atoms with Crippen molar-refractivity contribution in [2.24, 2.45) is 0 Å². The average molecular weight is 449 g/mol. The van der Waals surface area contributed by atoms with Gasteiger partial charge in [0, 0.05) is 17.4 Å². The summed E-state index contributed by atoms with van der Waals surface area (Å²) < 4.78 is 47.2. The Hall–Kier alpha value is -3.26. The van der Waals surface area contributed by atoms with Crippen LogP contribution in [0.4, 0.5) is 24.0 Å². The van der Waals surface area contributed by atoms with Crippen molar-refractivity contribution in [1.29, 1.82) is 5.26 Å². The number of carbonyl (C=O) groups excluding carboxylic acids is 1. The molecule has 0 saturated carbocycles. The molecule has 0 saturated heterocycles. The monoisotopic (exact) mass is 449 g/mol. The number of aromatic nitrogens is 2. The average Bonchev–Trinajstić information content (AvgIpc) is 3.44. The zero-order valence-corrected chi connectivity index (χ0v) is 17.4. The Bertz CT molecular complexity index is 1160. The van der Waals surface area contributed by atoms with Crippen LogP contribution in [0.25, 0.3) is 0 Å². The number of furan rings is 1. The molecule has 1 amide bonds. The predicted molar refractivity (Wildman–Crippen MR) is 108 cm³/mol. The van der Waals surface area contributed by atoms with E-state index in [2.05, 4.69) is 21.8 Å². The largest absolute Gasteiger partial charge is 0.467 e. The Morgan fingerprint density at radius 3 is 2.90 bits per heavy atom. The van der Waals surface area contributed by atoms with Gasteiger partial charge >= 0.3 is 6.18 Å². The molecule has 1 aliphatic heterocycles. The van der Waals surface area contributed by atoms with Crippen molar-refractivity contribution in [3.8, 4) is 6.07 Å². The van der Waals surface area contributed by atoms with E-state index >= 15 is 0 Å². The Balaban J connectivity index is 1.65. The lowest BCUT2D eigenvalue weighted by Crippen LogP contribution is -2.35. The number of nitrogens with zero attached hydrogens (tertiary/aromatic N) is 3. The molecule has 2 N–H and O–H groups in total. The third-order valence-electron chi connectivity index (χ3n) is 5.21. The minimum atomic E-state index is -4.56. The van der Waals surface area contributed by atoms with Gasteiger partial charge in [0.25, 0.3) is 5.91 Å². The fourth-order valence-electron chi connectivity index (χ4n) is 3.74. The molecule has 3 aromatic heterocycles. The van der Waals surface area contributed by atoms with Gasteiger partial charge in [-0.25, -0.2) is 4.68 Å². The molecular formula is C20H18F3N5O2S. The number of hydrogen-bond donors (Lipinski definition) is 2. The van der Waals surface area contributed by atoms with Crippen LogP contribution in [-0.2, 0) is 6.42 Å². The highest BCUT2D eigenvalue weighted by molar-refractivity contribution is 7.16. The molecule has 1 aliphatic rings. The van der Waals surface area contributed by atoms with Gasteiger partial charge in [0.15, 0.2) is 11.7 Å². The molecule has 162 valence electrons. The van der Waals surface area contributed by atoms with Crippen LogP contribution in [0.15, 0.2) is 28.9 Å². The summed E-state index contributed by atoms with van der Waals surface area (Å²) in [5, 5.41) is 19.3. The van der Waals surface area contributed by atoms with Crippen molar-refractivity contribution in [2.45, 2.75) is 44.9 Å². The maximum absolute atomic E-state index is 13.7. The Morgan fingerprint density at radius 2 is 2.29 bits per heavy atom. The number of hydrogen-bond acceptors (Lipinski definition) is 6. The molecule has 0 aromatic carbocycles. The number of nitriles is 1. The lowest BCUT2D eigenvalue weighted by molar-refractivity contribution is -0.174. The Kier molecular flexibility index (Phi) is 5.26. The topological polar surface area (TPSA) is 95.9 Å². The molecule has 0 aliphatic carbocycles. The number of halogens is 3. The van der Waals surface area contributed by atoms with Gasteiger partial charge in [-0.1, -0.05) is 6.92 Å². The van der Waals surface area contributed by atoms with Gasteiger partial charge in [0.2, 0.25) is 0 Å². The molecule has 2 atom stereocenters. The van der Waals surface area contributed by atoms with E-state index in [-0.39, 0.29) is 17.9 Å². The summed E-state index contributed by atoms with van der Waals surface area (Å²) in [4.78, 5) is 13.7. The van der Waals surface area contributed by atoms with E-state index in [1.54, 1.807) is 12.1 Å². The number of anilines is 2. The number of rotatable bonds is 4. The summed E-state index contributed by atoms with van der Waals surface area (Å²) in [7, 11) is 0. The van der Waals surface area contributed by atoms with Crippen molar-refractivity contribution in [1.82, 2.24) is 9.78 Å². The van der Waals surface area contributed by atoms with Crippen LogP contribution >= 0.6 is 11.3 Å². The molecule has 0 radical (unpaired) electrons. The maximum atomic E-state index is 13.7. The van der Waals surface area contributed by atoms with E-state index in [9.17, 15) is 23.2 Å². The second kappa shape index (κ2) is 7.77. The van der Waals surface area contributed by atoms with Gasteiger partial charge in [-0.2, -0.15) is 23.5 Å². The van der Waals surface area contributed by atoms with Crippen LogP contribution in [0, 0.1) is 18.3 Å². The third-order valence-corrected chi connectivity index (χ3v) is 6.27. The summed E-state index contributed by atoms with van der Waals surface area (Å²) >= 11 is 1.25. The van der Waals surface area contributed by atoms with Crippen LogP contribution < -0.4 is 10.6 Å². The lowest BCUT2D eigenvalue weighted by atomic mass is 10.0. The molecule has 4 rings (SSSR count). The van der Waals surface area contributed by atoms with Gasteiger partial charge in [-0.3, -0.25) is 4.79 Å². The van der Waals surface area contributed by atoms with Crippen LogP contribution in [-0.4, -0.2) is 21.9 Å². The van der Waals surface area contributed by atoms with E-state index in [0.29, 0.717) is 22.7 Å². The number of thiophene rings is 1. The van der Waals surface area contributed by atoms with E-state index in [1.807, 2.05) is 13.8 Å². The molecular weight excluding hydrogens is 431 g/mol. The third kappa shape index (κ3) is 3.79. The molecule has 3 aromatic rings. The number of carbonyl (C=O) groups is 1. The molecule has 0 bridgehead atoms. The number of alkyl halides is 3. The summed E-state index contributed by atoms with van der Waals surface area (Å²) in [6.45, 7) is 3.76. The van der Waals surface area contributed by atoms with E-state index in [1.165, 1.54) is 23.7 Å². The first-order valence-corrected chi connectivity index (χ1v) is 10.3. The zero-order chi connectivity index (χ0) is 22.3. The number of nitrogens with one attached hydrogen (secondary N) is 2. The summed E-state index contributed by atoms with van der Waals surface area (Å²) in [5.41, 5.74) is 1.03. The predicted octanol–water partition coefficient (Wildman–Crippen LogP) is 5.19. The second-order valence-corrected chi connectivity index (χ2v) is 8.35. The standard InChI is InChI=1S/C20H18F3N5O2S/c1-3-11-10(2)31-19(12(11)9-24)26-18(29)14-8-17-25-13(15-5-4-6-30-15)7-16(20(21,22)23)28(17)27-14/h4-6,8,13,16,25H,3,7H2,1-2H3,(H,26,29)/t13-,16+/m1/s1. The fourth-order valence-corrected chi connectivity index (χ4v) is 4.83. The quantitative estimate of drug-likeness (QED) is 0.571. The molecule has 7 nitrogen and oxygen atoms in total. The SMILES string of the molecule is CCc1c(C)sc(NC(=O)c2cc3n(n2)[C@H](C(F)(F)F)C[C@H](c2ccco2)N3)c1C#N. The first-order chi connectivity index (χ1) is 14.7. The van der Waals surface area contributed by atoms with Crippen molar-refractivity contribution >= 4 is 28.1 Å². The number of amides is 1. The van der Waals surface area contributed by atoms with Crippen LogP contribution in [0.1, 0.15) is 57.7 Å². The molecule has 4 heterocycles. The zero-order valence-electron chi connectivity index (χ0n) is 16.6. The molecule has 0 fully saturated rings. The number of aryl methyl sites for hydroxylation is 1. The Labute approximate surface area is 179 Å². The van der Waals surface area contributed by atoms with E-state index < -0.39 is 24.2 Å². The van der Waals surface area contributed by atoms with Gasteiger partial charge in [-0.05, 0) is 31.0 Å². The van der Waals surface area contributed by atoms with Gasteiger partial charge in [-0.15, -0.1) is 11.3 Å². The van der Waals surface area contributed by atoms with Crippen LogP contribution in [0.5, 0.6) is 0 Å². The molecule has 31 heavy (non-hydrogen) atoms. The van der Waals surface area contributed by atoms with E-state index in [4.69, 9.17) is 4.42 Å². The summed E-state index contributed by atoms with van der Waals surface area (Å²) in [6, 6.07) is 3.94. The molecule has 0 unspecified atom stereocenters. The second-order valence-electron chi connectivity index (χ2n) is 7.13. The first-order valence-electron chi connectivity index (χ1n) is 9.52. The summed E-state index contributed by atoms with van der Waals surface area (Å²) in [6.07, 6.45) is -2.86. The van der Waals surface area contributed by atoms with Crippen molar-refractivity contribution in [3.63, 3.8) is 0 Å². The van der Waals surface area contributed by atoms with Crippen molar-refractivity contribution < 1.29 is 22.4 Å². The minimum absolute atomic E-state index is 0.0669. The highest BCUT2D eigenvalue weighted by Gasteiger charge is 2.47.